The lowest BCUT2D eigenvalue weighted by atomic mass is 9.77. The largest absolute Gasteiger partial charge is 0.353 e. The van der Waals surface area contributed by atoms with Crippen molar-refractivity contribution in [3.8, 4) is 6.07 Å². The number of hydrogen-bond acceptors (Lipinski definition) is 3. The van der Waals surface area contributed by atoms with Crippen LogP contribution in [0.4, 0.5) is 0 Å². The SMILES string of the molecule is N#CC1(N)CCC(C(=O)NC2CCCC2)CC1. The van der Waals surface area contributed by atoms with Gasteiger partial charge in [-0.15, -0.1) is 0 Å². The number of nitrogens with one attached hydrogen (secondary N) is 1. The Balaban J connectivity index is 1.80. The lowest BCUT2D eigenvalue weighted by molar-refractivity contribution is -0.126. The Bertz CT molecular complexity index is 320. The highest BCUT2D eigenvalue weighted by atomic mass is 16.1. The second kappa shape index (κ2) is 5.05. The highest BCUT2D eigenvalue weighted by Gasteiger charge is 2.35. The molecule has 0 aliphatic heterocycles. The number of carbonyl (C=O) groups is 1. The summed E-state index contributed by atoms with van der Waals surface area (Å²) in [5, 5.41) is 12.1. The van der Waals surface area contributed by atoms with E-state index in [-0.39, 0.29) is 11.8 Å². The van der Waals surface area contributed by atoms with Crippen molar-refractivity contribution in [3.63, 3.8) is 0 Å². The minimum atomic E-state index is -0.690. The molecule has 0 aromatic heterocycles. The summed E-state index contributed by atoms with van der Waals surface area (Å²) in [5.74, 6) is 0.248. The number of carbonyl (C=O) groups excluding carboxylic acids is 1. The predicted molar refractivity (Wildman–Crippen MR) is 64.9 cm³/mol. The van der Waals surface area contributed by atoms with E-state index in [4.69, 9.17) is 11.0 Å². The highest BCUT2D eigenvalue weighted by Crippen LogP contribution is 2.30. The fraction of sp³-hybridized carbons (Fsp3) is 0.846. The van der Waals surface area contributed by atoms with Gasteiger partial charge in [-0.1, -0.05) is 12.8 Å². The summed E-state index contributed by atoms with van der Waals surface area (Å²) in [7, 11) is 0. The first-order chi connectivity index (χ1) is 8.13. The van der Waals surface area contributed by atoms with E-state index in [2.05, 4.69) is 11.4 Å². The van der Waals surface area contributed by atoms with Gasteiger partial charge in [-0.2, -0.15) is 5.26 Å². The van der Waals surface area contributed by atoms with Crippen molar-refractivity contribution in [2.45, 2.75) is 62.9 Å². The Morgan fingerprint density at radius 1 is 1.24 bits per heavy atom. The van der Waals surface area contributed by atoms with Gasteiger partial charge in [0.2, 0.25) is 5.91 Å². The van der Waals surface area contributed by atoms with Crippen molar-refractivity contribution in [2.75, 3.05) is 0 Å². The van der Waals surface area contributed by atoms with E-state index < -0.39 is 5.54 Å². The molecular formula is C13H21N3O. The van der Waals surface area contributed by atoms with Crippen LogP contribution in [-0.2, 0) is 4.79 Å². The maximum Gasteiger partial charge on any atom is 0.223 e. The molecule has 0 aromatic rings. The van der Waals surface area contributed by atoms with Gasteiger partial charge in [0, 0.05) is 12.0 Å². The van der Waals surface area contributed by atoms with Gasteiger partial charge in [-0.05, 0) is 38.5 Å². The van der Waals surface area contributed by atoms with Crippen LogP contribution in [-0.4, -0.2) is 17.5 Å². The molecular weight excluding hydrogens is 214 g/mol. The number of amides is 1. The Hall–Kier alpha value is -1.08. The molecule has 0 spiro atoms. The maximum atomic E-state index is 12.0. The molecule has 2 rings (SSSR count). The summed E-state index contributed by atoms with van der Waals surface area (Å²) < 4.78 is 0. The average Bonchev–Trinajstić information content (AvgIpc) is 2.83. The van der Waals surface area contributed by atoms with E-state index in [1.165, 1.54) is 12.8 Å². The second-order valence-electron chi connectivity index (χ2n) is 5.53. The summed E-state index contributed by atoms with van der Waals surface area (Å²) in [5.41, 5.74) is 5.20. The third kappa shape index (κ3) is 2.98. The minimum absolute atomic E-state index is 0.0700. The molecule has 2 aliphatic rings. The fourth-order valence-electron chi connectivity index (χ4n) is 2.90. The van der Waals surface area contributed by atoms with Crippen molar-refractivity contribution >= 4 is 5.91 Å². The Morgan fingerprint density at radius 3 is 2.35 bits per heavy atom. The molecule has 0 radical (unpaired) electrons. The summed E-state index contributed by atoms with van der Waals surface area (Å²) >= 11 is 0. The molecule has 2 aliphatic carbocycles. The Morgan fingerprint density at radius 2 is 1.82 bits per heavy atom. The van der Waals surface area contributed by atoms with Gasteiger partial charge >= 0.3 is 0 Å². The summed E-state index contributed by atoms with van der Waals surface area (Å²) in [6, 6.07) is 2.55. The number of nitrogens with zero attached hydrogens (tertiary/aromatic N) is 1. The molecule has 94 valence electrons. The van der Waals surface area contributed by atoms with E-state index in [9.17, 15) is 4.79 Å². The lowest BCUT2D eigenvalue weighted by Gasteiger charge is -2.31. The first-order valence-electron chi connectivity index (χ1n) is 6.63. The lowest BCUT2D eigenvalue weighted by Crippen LogP contribution is -2.45. The van der Waals surface area contributed by atoms with Crippen molar-refractivity contribution in [3.05, 3.63) is 0 Å². The van der Waals surface area contributed by atoms with Crippen LogP contribution in [0, 0.1) is 17.2 Å². The smallest absolute Gasteiger partial charge is 0.223 e. The Kier molecular flexibility index (Phi) is 3.68. The van der Waals surface area contributed by atoms with Crippen LogP contribution in [0.2, 0.25) is 0 Å². The number of hydrogen-bond donors (Lipinski definition) is 2. The highest BCUT2D eigenvalue weighted by molar-refractivity contribution is 5.79. The zero-order valence-corrected chi connectivity index (χ0v) is 10.2. The van der Waals surface area contributed by atoms with Crippen molar-refractivity contribution in [1.82, 2.24) is 5.32 Å². The molecule has 1 amide bonds. The second-order valence-corrected chi connectivity index (χ2v) is 5.53. The van der Waals surface area contributed by atoms with Gasteiger partial charge in [-0.3, -0.25) is 4.79 Å². The van der Waals surface area contributed by atoms with Crippen molar-refractivity contribution < 1.29 is 4.79 Å². The maximum absolute atomic E-state index is 12.0. The molecule has 2 saturated carbocycles. The molecule has 0 bridgehead atoms. The molecule has 0 atom stereocenters. The van der Waals surface area contributed by atoms with Crippen LogP contribution in [0.25, 0.3) is 0 Å². The van der Waals surface area contributed by atoms with Crippen molar-refractivity contribution in [1.29, 1.82) is 5.26 Å². The zero-order chi connectivity index (χ0) is 12.3. The number of rotatable bonds is 2. The molecule has 3 N–H and O–H groups in total. The van der Waals surface area contributed by atoms with E-state index in [0.29, 0.717) is 18.9 Å². The molecule has 4 heteroatoms. The van der Waals surface area contributed by atoms with Crippen molar-refractivity contribution in [2.24, 2.45) is 11.7 Å². The molecule has 2 fully saturated rings. The minimum Gasteiger partial charge on any atom is -0.353 e. The van der Waals surface area contributed by atoms with E-state index in [1.807, 2.05) is 0 Å². The molecule has 0 heterocycles. The Labute approximate surface area is 103 Å². The van der Waals surface area contributed by atoms with Crippen LogP contribution in [0.5, 0.6) is 0 Å². The van der Waals surface area contributed by atoms with Crippen LogP contribution < -0.4 is 11.1 Å². The first kappa shape index (κ1) is 12.4. The standard InChI is InChI=1S/C13H21N3O/c14-9-13(15)7-5-10(6-8-13)12(17)16-11-3-1-2-4-11/h10-11H,1-8,15H2,(H,16,17). The molecule has 0 unspecified atom stereocenters. The monoisotopic (exact) mass is 235 g/mol. The zero-order valence-electron chi connectivity index (χ0n) is 10.2. The number of nitriles is 1. The van der Waals surface area contributed by atoms with Crippen LogP contribution in [0.1, 0.15) is 51.4 Å². The van der Waals surface area contributed by atoms with Gasteiger partial charge in [-0.25, -0.2) is 0 Å². The topological polar surface area (TPSA) is 78.9 Å². The summed E-state index contributed by atoms with van der Waals surface area (Å²) in [4.78, 5) is 12.0. The normalized spacial score (nSPS) is 34.2. The first-order valence-corrected chi connectivity index (χ1v) is 6.63. The molecule has 0 aromatic carbocycles. The molecule has 17 heavy (non-hydrogen) atoms. The van der Waals surface area contributed by atoms with E-state index in [1.54, 1.807) is 0 Å². The van der Waals surface area contributed by atoms with Gasteiger partial charge in [0.1, 0.15) is 5.54 Å². The van der Waals surface area contributed by atoms with Gasteiger partial charge < -0.3 is 11.1 Å². The number of nitrogens with two attached hydrogens (primary N) is 1. The fourth-order valence-corrected chi connectivity index (χ4v) is 2.90. The van der Waals surface area contributed by atoms with E-state index >= 15 is 0 Å². The van der Waals surface area contributed by atoms with E-state index in [0.717, 1.165) is 25.7 Å². The average molecular weight is 235 g/mol. The molecule has 4 nitrogen and oxygen atoms in total. The third-order valence-electron chi connectivity index (χ3n) is 4.17. The van der Waals surface area contributed by atoms with Crippen LogP contribution in [0.3, 0.4) is 0 Å². The van der Waals surface area contributed by atoms with Gasteiger partial charge in [0.05, 0.1) is 6.07 Å². The van der Waals surface area contributed by atoms with Crippen LogP contribution >= 0.6 is 0 Å². The van der Waals surface area contributed by atoms with Gasteiger partial charge in [0.25, 0.3) is 0 Å². The predicted octanol–water partition coefficient (Wildman–Crippen LogP) is 1.46. The van der Waals surface area contributed by atoms with Crippen LogP contribution in [0.15, 0.2) is 0 Å². The quantitative estimate of drug-likeness (QED) is 0.760. The van der Waals surface area contributed by atoms with Gasteiger partial charge in [0.15, 0.2) is 0 Å². The third-order valence-corrected chi connectivity index (χ3v) is 4.17. The summed E-state index contributed by atoms with van der Waals surface area (Å²) in [6.07, 6.45) is 7.50. The molecule has 0 saturated heterocycles. The summed E-state index contributed by atoms with van der Waals surface area (Å²) in [6.45, 7) is 0.